The van der Waals surface area contributed by atoms with Crippen molar-refractivity contribution >= 4 is 22.9 Å². The predicted octanol–water partition coefficient (Wildman–Crippen LogP) is 6.23. The van der Waals surface area contributed by atoms with Gasteiger partial charge in [0, 0.05) is 19.4 Å². The van der Waals surface area contributed by atoms with Crippen molar-refractivity contribution in [3.8, 4) is 5.75 Å². The third kappa shape index (κ3) is 5.80. The quantitative estimate of drug-likeness (QED) is 0.151. The highest BCUT2D eigenvalue weighted by molar-refractivity contribution is 5.94. The topological polar surface area (TPSA) is 100 Å². The first-order chi connectivity index (χ1) is 21.3. The minimum atomic E-state index is -0.847. The number of aromatic nitrogens is 4. The molecule has 0 bridgehead atoms. The van der Waals surface area contributed by atoms with Gasteiger partial charge in [-0.3, -0.25) is 4.79 Å². The Hall–Kier alpha value is -4.60. The number of anilines is 1. The fourth-order valence-corrected chi connectivity index (χ4v) is 5.77. The van der Waals surface area contributed by atoms with E-state index in [-0.39, 0.29) is 11.7 Å². The van der Waals surface area contributed by atoms with Crippen molar-refractivity contribution in [2.75, 3.05) is 25.6 Å². The molecule has 6 rings (SSSR count). The Bertz CT molecular complexity index is 1690. The largest absolute Gasteiger partial charge is 0.497 e. The molecule has 0 spiro atoms. The highest BCUT2D eigenvalue weighted by atomic mass is 16.7. The van der Waals surface area contributed by atoms with Gasteiger partial charge in [-0.1, -0.05) is 72.8 Å². The average molecular weight is 592 g/mol. The van der Waals surface area contributed by atoms with E-state index in [4.69, 9.17) is 24.2 Å². The first kappa shape index (κ1) is 29.5. The number of nitrogens with one attached hydrogen (secondary N) is 1. The van der Waals surface area contributed by atoms with Gasteiger partial charge in [0.2, 0.25) is 5.95 Å². The first-order valence-electron chi connectivity index (χ1n) is 14.8. The molecule has 9 heteroatoms. The van der Waals surface area contributed by atoms with Crippen LogP contribution in [-0.4, -0.2) is 51.4 Å². The summed E-state index contributed by atoms with van der Waals surface area (Å²) in [5, 5.41) is 3.72. The number of hydrogen-bond acceptors (Lipinski definition) is 8. The van der Waals surface area contributed by atoms with Crippen molar-refractivity contribution in [1.82, 2.24) is 19.5 Å². The fraction of sp³-hybridized carbons (Fsp3) is 0.314. The van der Waals surface area contributed by atoms with Crippen molar-refractivity contribution in [3.63, 3.8) is 0 Å². The number of ketones is 1. The average Bonchev–Trinajstić information content (AvgIpc) is 3.42. The lowest BCUT2D eigenvalue weighted by Gasteiger charge is -2.37. The van der Waals surface area contributed by atoms with Crippen LogP contribution >= 0.6 is 0 Å². The van der Waals surface area contributed by atoms with Crippen LogP contribution in [0.4, 0.5) is 5.95 Å². The standard InChI is InChI=1S/C35H37N5O4/c1-24(41)31-37-30-21-36-33(38-32(30)40(31)20-19-25-22-43-34(2,3)44-23-25)39-35(26-11-7-5-8-12-26,27-13-9-6-10-14-27)28-15-17-29(42-4)18-16-28/h5-18,21,25H,19-20,22-23H2,1-4H3,(H,36,38,39). The molecule has 0 amide bonds. The number of imidazole rings is 1. The molecular weight excluding hydrogens is 554 g/mol. The van der Waals surface area contributed by atoms with E-state index in [2.05, 4.69) is 46.7 Å². The Morgan fingerprint density at radius 1 is 0.932 bits per heavy atom. The third-order valence-corrected chi connectivity index (χ3v) is 8.13. The van der Waals surface area contributed by atoms with Crippen LogP contribution in [0, 0.1) is 5.92 Å². The molecule has 0 atom stereocenters. The minimum absolute atomic E-state index is 0.129. The summed E-state index contributed by atoms with van der Waals surface area (Å²) in [5.74, 6) is 1.01. The number of rotatable bonds is 10. The van der Waals surface area contributed by atoms with Gasteiger partial charge < -0.3 is 24.1 Å². The second-order valence-electron chi connectivity index (χ2n) is 11.6. The maximum absolute atomic E-state index is 12.7. The zero-order valence-electron chi connectivity index (χ0n) is 25.5. The van der Waals surface area contributed by atoms with E-state index in [1.165, 1.54) is 6.92 Å². The number of carbonyl (C=O) groups is 1. The Morgan fingerprint density at radius 3 is 2.09 bits per heavy atom. The smallest absolute Gasteiger partial charge is 0.226 e. The monoisotopic (exact) mass is 591 g/mol. The summed E-state index contributed by atoms with van der Waals surface area (Å²) in [6.45, 7) is 7.09. The molecule has 0 saturated carbocycles. The first-order valence-corrected chi connectivity index (χ1v) is 14.8. The van der Waals surface area contributed by atoms with Crippen molar-refractivity contribution < 1.29 is 19.0 Å². The summed E-state index contributed by atoms with van der Waals surface area (Å²) < 4.78 is 19.1. The summed E-state index contributed by atoms with van der Waals surface area (Å²) in [6.07, 6.45) is 2.43. The zero-order chi connectivity index (χ0) is 30.7. The highest BCUT2D eigenvalue weighted by Crippen LogP contribution is 2.40. The summed E-state index contributed by atoms with van der Waals surface area (Å²) in [7, 11) is 1.66. The van der Waals surface area contributed by atoms with Crippen LogP contribution in [0.15, 0.2) is 91.1 Å². The number of nitrogens with zero attached hydrogens (tertiary/aromatic N) is 4. The molecule has 9 nitrogen and oxygen atoms in total. The van der Waals surface area contributed by atoms with Crippen LogP contribution in [0.2, 0.25) is 0 Å². The summed E-state index contributed by atoms with van der Waals surface area (Å²) in [4.78, 5) is 27.0. The maximum atomic E-state index is 12.7. The molecule has 1 fully saturated rings. The van der Waals surface area contributed by atoms with Crippen LogP contribution in [0.1, 0.15) is 54.5 Å². The molecule has 3 aromatic carbocycles. The van der Waals surface area contributed by atoms with E-state index in [0.717, 1.165) is 28.9 Å². The van der Waals surface area contributed by atoms with Gasteiger partial charge >= 0.3 is 0 Å². The van der Waals surface area contributed by atoms with Crippen LogP contribution in [0.25, 0.3) is 11.2 Å². The number of fused-ring (bicyclic) bond motifs is 1. The van der Waals surface area contributed by atoms with E-state index in [9.17, 15) is 4.79 Å². The Labute approximate surface area is 257 Å². The molecule has 1 aliphatic rings. The van der Waals surface area contributed by atoms with Gasteiger partial charge in [-0.05, 0) is 49.1 Å². The molecule has 226 valence electrons. The molecule has 1 aliphatic heterocycles. The maximum Gasteiger partial charge on any atom is 0.226 e. The van der Waals surface area contributed by atoms with Crippen LogP contribution in [-0.2, 0) is 21.6 Å². The normalized spacial score (nSPS) is 15.3. The van der Waals surface area contributed by atoms with Gasteiger partial charge in [0.25, 0.3) is 0 Å². The minimum Gasteiger partial charge on any atom is -0.497 e. The van der Waals surface area contributed by atoms with Crippen LogP contribution in [0.3, 0.4) is 0 Å². The third-order valence-electron chi connectivity index (χ3n) is 8.13. The molecule has 44 heavy (non-hydrogen) atoms. The van der Waals surface area contributed by atoms with Gasteiger partial charge in [0.1, 0.15) is 16.8 Å². The number of ether oxygens (including phenoxy) is 3. The van der Waals surface area contributed by atoms with E-state index in [1.807, 2.05) is 66.9 Å². The zero-order valence-corrected chi connectivity index (χ0v) is 25.5. The van der Waals surface area contributed by atoms with Gasteiger partial charge in [-0.15, -0.1) is 0 Å². The number of Topliss-reactive ketones (excluding diaryl/α,β-unsaturated/α-hetero) is 1. The van der Waals surface area contributed by atoms with Crippen molar-refractivity contribution in [2.24, 2.45) is 5.92 Å². The van der Waals surface area contributed by atoms with E-state index in [0.29, 0.717) is 42.7 Å². The van der Waals surface area contributed by atoms with Crippen LogP contribution in [0.5, 0.6) is 5.75 Å². The van der Waals surface area contributed by atoms with Crippen molar-refractivity contribution in [3.05, 3.63) is 114 Å². The molecule has 1 saturated heterocycles. The van der Waals surface area contributed by atoms with Gasteiger partial charge in [-0.2, -0.15) is 4.98 Å². The molecule has 0 radical (unpaired) electrons. The molecular formula is C35H37N5O4. The lowest BCUT2D eigenvalue weighted by molar-refractivity contribution is -0.262. The van der Waals surface area contributed by atoms with Gasteiger partial charge in [0.15, 0.2) is 23.0 Å². The molecule has 0 aliphatic carbocycles. The van der Waals surface area contributed by atoms with Crippen LogP contribution < -0.4 is 10.1 Å². The Balaban J connectivity index is 1.44. The number of methoxy groups -OCH3 is 1. The van der Waals surface area contributed by atoms with Gasteiger partial charge in [0.05, 0.1) is 26.5 Å². The molecule has 1 N–H and O–H groups in total. The predicted molar refractivity (Wildman–Crippen MR) is 169 cm³/mol. The van der Waals surface area contributed by atoms with E-state index >= 15 is 0 Å². The molecule has 2 aromatic heterocycles. The second kappa shape index (κ2) is 12.2. The highest BCUT2D eigenvalue weighted by Gasteiger charge is 2.37. The van der Waals surface area contributed by atoms with Gasteiger partial charge in [-0.25, -0.2) is 9.97 Å². The molecule has 3 heterocycles. The number of aryl methyl sites for hydroxylation is 1. The Kier molecular flexibility index (Phi) is 8.16. The van der Waals surface area contributed by atoms with Crippen molar-refractivity contribution in [1.29, 1.82) is 0 Å². The summed E-state index contributed by atoms with van der Waals surface area (Å²) >= 11 is 0. The second-order valence-corrected chi connectivity index (χ2v) is 11.6. The Morgan fingerprint density at radius 2 is 1.52 bits per heavy atom. The summed E-state index contributed by atoms with van der Waals surface area (Å²) in [5.41, 5.74) is 3.32. The van der Waals surface area contributed by atoms with Crippen molar-refractivity contribution in [2.45, 2.75) is 45.1 Å². The molecule has 5 aromatic rings. The number of hydrogen-bond donors (Lipinski definition) is 1. The number of carbonyl (C=O) groups excluding carboxylic acids is 1. The summed E-state index contributed by atoms with van der Waals surface area (Å²) in [6, 6.07) is 28.5. The lowest BCUT2D eigenvalue weighted by atomic mass is 9.77. The fourth-order valence-electron chi connectivity index (χ4n) is 5.77. The van der Waals surface area contributed by atoms with E-state index in [1.54, 1.807) is 13.3 Å². The lowest BCUT2D eigenvalue weighted by Crippen LogP contribution is -2.39. The SMILES string of the molecule is COc1ccc(C(Nc2ncc3nc(C(C)=O)n(CCC4COC(C)(C)OC4)c3n2)(c2ccccc2)c2ccccc2)cc1. The number of benzene rings is 3. The van der Waals surface area contributed by atoms with E-state index < -0.39 is 11.3 Å². The molecule has 0 unspecified atom stereocenters.